The van der Waals surface area contributed by atoms with E-state index in [0.717, 1.165) is 11.9 Å². The van der Waals surface area contributed by atoms with Gasteiger partial charge in [-0.2, -0.15) is 0 Å². The van der Waals surface area contributed by atoms with E-state index < -0.39 is 11.4 Å². The molecule has 0 aliphatic rings. The second kappa shape index (κ2) is 5.88. The Kier molecular flexibility index (Phi) is 4.20. The van der Waals surface area contributed by atoms with Gasteiger partial charge in [0.15, 0.2) is 0 Å². The molecule has 0 aliphatic carbocycles. The quantitative estimate of drug-likeness (QED) is 0.881. The fourth-order valence-corrected chi connectivity index (χ4v) is 1.91. The third-order valence-corrected chi connectivity index (χ3v) is 3.10. The van der Waals surface area contributed by atoms with Crippen molar-refractivity contribution in [2.45, 2.75) is 12.5 Å². The molecule has 2 aromatic rings. The average molecular weight is 276 g/mol. The summed E-state index contributed by atoms with van der Waals surface area (Å²) in [4.78, 5) is 4.03. The van der Waals surface area contributed by atoms with E-state index in [0.29, 0.717) is 11.4 Å². The van der Waals surface area contributed by atoms with Crippen LogP contribution in [0.2, 0.25) is 0 Å². The summed E-state index contributed by atoms with van der Waals surface area (Å²) in [7, 11) is 1.59. The van der Waals surface area contributed by atoms with Gasteiger partial charge in [0.1, 0.15) is 11.6 Å². The van der Waals surface area contributed by atoms with Crippen molar-refractivity contribution < 1.29 is 14.2 Å². The molecule has 5 heteroatoms. The summed E-state index contributed by atoms with van der Waals surface area (Å²) in [6.07, 6.45) is 1.14. The zero-order valence-electron chi connectivity index (χ0n) is 11.4. The van der Waals surface area contributed by atoms with Crippen LogP contribution in [0.3, 0.4) is 0 Å². The molecule has 0 aliphatic heterocycles. The number of rotatable bonds is 5. The number of hydrogen-bond acceptors (Lipinski definition) is 4. The van der Waals surface area contributed by atoms with E-state index >= 15 is 0 Å². The summed E-state index contributed by atoms with van der Waals surface area (Å²) in [6, 6.07) is 10.2. The molecular formula is C15H17FN2O2. The molecule has 0 saturated heterocycles. The van der Waals surface area contributed by atoms with Gasteiger partial charge >= 0.3 is 0 Å². The molecule has 0 radical (unpaired) electrons. The number of halogens is 1. The largest absolute Gasteiger partial charge is 0.497 e. The SMILES string of the molecule is COc1cccc(NC(C)(CO)c2ccc(F)cn2)c1. The van der Waals surface area contributed by atoms with Crippen molar-refractivity contribution in [3.63, 3.8) is 0 Å². The first kappa shape index (κ1) is 14.3. The number of nitrogens with zero attached hydrogens (tertiary/aromatic N) is 1. The second-order valence-corrected chi connectivity index (χ2v) is 4.71. The molecule has 1 heterocycles. The minimum atomic E-state index is -0.805. The number of pyridine rings is 1. The monoisotopic (exact) mass is 276 g/mol. The molecule has 1 aromatic carbocycles. The topological polar surface area (TPSA) is 54.4 Å². The molecule has 106 valence electrons. The lowest BCUT2D eigenvalue weighted by molar-refractivity contribution is 0.221. The summed E-state index contributed by atoms with van der Waals surface area (Å²) < 4.78 is 18.1. The number of benzene rings is 1. The molecule has 1 unspecified atom stereocenters. The van der Waals surface area contributed by atoms with Gasteiger partial charge in [0.05, 0.1) is 31.1 Å². The lowest BCUT2D eigenvalue weighted by Gasteiger charge is -2.29. The van der Waals surface area contributed by atoms with E-state index in [1.165, 1.54) is 6.07 Å². The first-order chi connectivity index (χ1) is 9.57. The molecule has 0 amide bonds. The summed E-state index contributed by atoms with van der Waals surface area (Å²) in [5, 5.41) is 12.9. The van der Waals surface area contributed by atoms with Crippen molar-refractivity contribution in [1.82, 2.24) is 4.98 Å². The second-order valence-electron chi connectivity index (χ2n) is 4.71. The van der Waals surface area contributed by atoms with Gasteiger partial charge in [-0.1, -0.05) is 6.07 Å². The summed E-state index contributed by atoms with van der Waals surface area (Å²) in [5.74, 6) is 0.303. The Morgan fingerprint density at radius 3 is 2.75 bits per heavy atom. The van der Waals surface area contributed by atoms with Gasteiger partial charge in [0, 0.05) is 11.8 Å². The van der Waals surface area contributed by atoms with Crippen molar-refractivity contribution in [3.05, 3.63) is 54.1 Å². The molecule has 0 fully saturated rings. The van der Waals surface area contributed by atoms with Crippen LogP contribution in [0.5, 0.6) is 5.75 Å². The standard InChI is InChI=1S/C15H17FN2O2/c1-15(10-19,14-7-6-11(16)9-17-14)18-12-4-3-5-13(8-12)20-2/h3-9,18-19H,10H2,1-2H3. The maximum Gasteiger partial charge on any atom is 0.141 e. The predicted octanol–water partition coefficient (Wildman–Crippen LogP) is 2.55. The molecule has 0 bridgehead atoms. The third kappa shape index (κ3) is 3.05. The van der Waals surface area contributed by atoms with Crippen LogP contribution >= 0.6 is 0 Å². The molecular weight excluding hydrogens is 259 g/mol. The Labute approximate surface area is 117 Å². The molecule has 2 N–H and O–H groups in total. The minimum absolute atomic E-state index is 0.178. The van der Waals surface area contributed by atoms with Crippen LogP contribution in [0.25, 0.3) is 0 Å². The van der Waals surface area contributed by atoms with Crippen molar-refractivity contribution in [3.8, 4) is 5.75 Å². The number of methoxy groups -OCH3 is 1. The molecule has 0 saturated carbocycles. The van der Waals surface area contributed by atoms with E-state index in [9.17, 15) is 9.50 Å². The van der Waals surface area contributed by atoms with Crippen molar-refractivity contribution in [2.75, 3.05) is 19.0 Å². The number of hydrogen-bond donors (Lipinski definition) is 2. The van der Waals surface area contributed by atoms with Crippen LogP contribution < -0.4 is 10.1 Å². The highest BCUT2D eigenvalue weighted by Gasteiger charge is 2.27. The van der Waals surface area contributed by atoms with Crippen LogP contribution in [0.4, 0.5) is 10.1 Å². The molecule has 20 heavy (non-hydrogen) atoms. The van der Waals surface area contributed by atoms with Gasteiger partial charge in [-0.05, 0) is 31.2 Å². The van der Waals surface area contributed by atoms with Crippen LogP contribution in [0.15, 0.2) is 42.6 Å². The molecule has 1 aromatic heterocycles. The van der Waals surface area contributed by atoms with Crippen molar-refractivity contribution in [2.24, 2.45) is 0 Å². The summed E-state index contributed by atoms with van der Waals surface area (Å²) >= 11 is 0. The Bertz CT molecular complexity index is 574. The highest BCUT2D eigenvalue weighted by atomic mass is 19.1. The maximum atomic E-state index is 12.9. The first-order valence-corrected chi connectivity index (χ1v) is 6.22. The number of anilines is 1. The van der Waals surface area contributed by atoms with Crippen molar-refractivity contribution in [1.29, 1.82) is 0 Å². The van der Waals surface area contributed by atoms with E-state index in [1.807, 2.05) is 24.3 Å². The number of ether oxygens (including phenoxy) is 1. The van der Waals surface area contributed by atoms with Crippen molar-refractivity contribution >= 4 is 5.69 Å². The Morgan fingerprint density at radius 2 is 2.15 bits per heavy atom. The van der Waals surface area contributed by atoms with Crippen LogP contribution in [-0.2, 0) is 5.54 Å². The molecule has 2 rings (SSSR count). The summed E-state index contributed by atoms with van der Waals surface area (Å²) in [5.41, 5.74) is 0.538. The number of aromatic nitrogens is 1. The van der Waals surface area contributed by atoms with Crippen LogP contribution in [-0.4, -0.2) is 23.8 Å². The molecule has 0 spiro atoms. The minimum Gasteiger partial charge on any atom is -0.497 e. The number of aliphatic hydroxyl groups is 1. The predicted molar refractivity (Wildman–Crippen MR) is 75.2 cm³/mol. The fraction of sp³-hybridized carbons (Fsp3) is 0.267. The number of nitrogens with one attached hydrogen (secondary N) is 1. The Morgan fingerprint density at radius 1 is 1.35 bits per heavy atom. The van der Waals surface area contributed by atoms with E-state index in [-0.39, 0.29) is 6.61 Å². The van der Waals surface area contributed by atoms with Gasteiger partial charge in [0.2, 0.25) is 0 Å². The fourth-order valence-electron chi connectivity index (χ4n) is 1.91. The van der Waals surface area contributed by atoms with Crippen LogP contribution in [0.1, 0.15) is 12.6 Å². The normalized spacial score (nSPS) is 13.6. The smallest absolute Gasteiger partial charge is 0.141 e. The van der Waals surface area contributed by atoms with E-state index in [4.69, 9.17) is 4.74 Å². The molecule has 1 atom stereocenters. The van der Waals surface area contributed by atoms with E-state index in [2.05, 4.69) is 10.3 Å². The van der Waals surface area contributed by atoms with Gasteiger partial charge in [-0.25, -0.2) is 4.39 Å². The average Bonchev–Trinajstić information content (AvgIpc) is 2.48. The highest BCUT2D eigenvalue weighted by molar-refractivity contribution is 5.51. The zero-order valence-corrected chi connectivity index (χ0v) is 11.4. The zero-order chi connectivity index (χ0) is 14.6. The first-order valence-electron chi connectivity index (χ1n) is 6.22. The molecule has 4 nitrogen and oxygen atoms in total. The Hall–Kier alpha value is -2.14. The van der Waals surface area contributed by atoms with Gasteiger partial charge in [-0.15, -0.1) is 0 Å². The Balaban J connectivity index is 2.28. The highest BCUT2D eigenvalue weighted by Crippen LogP contribution is 2.26. The summed E-state index contributed by atoms with van der Waals surface area (Å²) in [6.45, 7) is 1.62. The lowest BCUT2D eigenvalue weighted by atomic mass is 9.97. The van der Waals surface area contributed by atoms with Crippen LogP contribution in [0, 0.1) is 5.82 Å². The number of aliphatic hydroxyl groups excluding tert-OH is 1. The van der Waals surface area contributed by atoms with E-state index in [1.54, 1.807) is 20.1 Å². The van der Waals surface area contributed by atoms with Gasteiger partial charge < -0.3 is 15.2 Å². The third-order valence-electron chi connectivity index (χ3n) is 3.10. The van der Waals surface area contributed by atoms with Gasteiger partial charge in [-0.3, -0.25) is 4.98 Å². The lowest BCUT2D eigenvalue weighted by Crippen LogP contribution is -2.36. The van der Waals surface area contributed by atoms with Gasteiger partial charge in [0.25, 0.3) is 0 Å². The maximum absolute atomic E-state index is 12.9.